The third-order valence-corrected chi connectivity index (χ3v) is 6.49. The van der Waals surface area contributed by atoms with Crippen LogP contribution in [0.2, 0.25) is 0 Å². The molecule has 1 N–H and O–H groups in total. The Morgan fingerprint density at radius 1 is 1.42 bits per heavy atom. The van der Waals surface area contributed by atoms with E-state index in [4.69, 9.17) is 0 Å². The molecule has 1 aromatic rings. The van der Waals surface area contributed by atoms with E-state index in [1.165, 1.54) is 16.0 Å². The maximum absolute atomic E-state index is 11.7. The molecule has 0 spiro atoms. The number of aryl methyl sites for hydroxylation is 1. The van der Waals surface area contributed by atoms with Gasteiger partial charge in [0.1, 0.15) is 0 Å². The average molecular weight is 301 g/mol. The summed E-state index contributed by atoms with van der Waals surface area (Å²) < 4.78 is 23.5. The highest BCUT2D eigenvalue weighted by Gasteiger charge is 2.35. The number of rotatable bonds is 5. The molecule has 1 aliphatic rings. The zero-order chi connectivity index (χ0) is 14.0. The second-order valence-corrected chi connectivity index (χ2v) is 9.33. The predicted octanol–water partition coefficient (Wildman–Crippen LogP) is 2.54. The molecular formula is C14H23NO2S2. The molecule has 0 radical (unpaired) electrons. The Labute approximate surface area is 120 Å². The van der Waals surface area contributed by atoms with Crippen molar-refractivity contribution in [1.82, 2.24) is 5.32 Å². The number of hydrogen-bond donors (Lipinski definition) is 1. The van der Waals surface area contributed by atoms with Crippen LogP contribution < -0.4 is 5.32 Å². The molecule has 108 valence electrons. The zero-order valence-electron chi connectivity index (χ0n) is 11.8. The van der Waals surface area contributed by atoms with Crippen molar-refractivity contribution < 1.29 is 8.42 Å². The monoisotopic (exact) mass is 301 g/mol. The summed E-state index contributed by atoms with van der Waals surface area (Å²) in [5, 5.41) is 3.33. The molecule has 1 aromatic heterocycles. The summed E-state index contributed by atoms with van der Waals surface area (Å²) in [6, 6.07) is 4.76. The van der Waals surface area contributed by atoms with E-state index in [1.54, 1.807) is 0 Å². The first-order valence-electron chi connectivity index (χ1n) is 6.86. The summed E-state index contributed by atoms with van der Waals surface area (Å²) in [6.45, 7) is 4.26. The van der Waals surface area contributed by atoms with Crippen LogP contribution in [0.1, 0.15) is 35.9 Å². The van der Waals surface area contributed by atoms with E-state index in [2.05, 4.69) is 31.3 Å². The van der Waals surface area contributed by atoms with Crippen molar-refractivity contribution in [2.24, 2.45) is 0 Å². The lowest BCUT2D eigenvalue weighted by Crippen LogP contribution is -2.44. The van der Waals surface area contributed by atoms with Crippen molar-refractivity contribution in [2.75, 3.05) is 6.26 Å². The van der Waals surface area contributed by atoms with Crippen molar-refractivity contribution in [3.63, 3.8) is 0 Å². The fraction of sp³-hybridized carbons (Fsp3) is 0.714. The topological polar surface area (TPSA) is 46.2 Å². The smallest absolute Gasteiger partial charge is 0.151 e. The van der Waals surface area contributed by atoms with Gasteiger partial charge < -0.3 is 5.32 Å². The van der Waals surface area contributed by atoms with Gasteiger partial charge in [-0.3, -0.25) is 0 Å². The van der Waals surface area contributed by atoms with E-state index in [0.29, 0.717) is 6.04 Å². The Morgan fingerprint density at radius 3 is 2.74 bits per heavy atom. The molecule has 0 bridgehead atoms. The summed E-state index contributed by atoms with van der Waals surface area (Å²) in [5.74, 6) is 0. The van der Waals surface area contributed by atoms with Gasteiger partial charge in [0.15, 0.2) is 9.84 Å². The Balaban J connectivity index is 1.93. The lowest BCUT2D eigenvalue weighted by Gasteiger charge is -2.23. The molecule has 0 saturated heterocycles. The lowest BCUT2D eigenvalue weighted by atomic mass is 10.1. The number of hydrogen-bond acceptors (Lipinski definition) is 4. The Hall–Kier alpha value is -0.390. The quantitative estimate of drug-likeness (QED) is 0.909. The maximum Gasteiger partial charge on any atom is 0.151 e. The van der Waals surface area contributed by atoms with Crippen LogP contribution in [0.25, 0.3) is 0 Å². The summed E-state index contributed by atoms with van der Waals surface area (Å²) >= 11 is 1.82. The molecule has 5 heteroatoms. The Morgan fingerprint density at radius 2 is 2.16 bits per heavy atom. The normalized spacial score (nSPS) is 25.6. The van der Waals surface area contributed by atoms with Crippen molar-refractivity contribution in [1.29, 1.82) is 0 Å². The van der Waals surface area contributed by atoms with Crippen LogP contribution in [0.4, 0.5) is 0 Å². The highest BCUT2D eigenvalue weighted by molar-refractivity contribution is 7.91. The van der Waals surface area contributed by atoms with E-state index in [0.717, 1.165) is 25.7 Å². The molecule has 1 saturated carbocycles. The molecule has 3 nitrogen and oxygen atoms in total. The second-order valence-electron chi connectivity index (χ2n) is 5.69. The molecule has 0 amide bonds. The second kappa shape index (κ2) is 5.94. The molecule has 3 unspecified atom stereocenters. The molecule has 2 rings (SSSR count). The Kier molecular flexibility index (Phi) is 4.69. The number of sulfone groups is 1. The van der Waals surface area contributed by atoms with Crippen LogP contribution >= 0.6 is 11.3 Å². The van der Waals surface area contributed by atoms with Gasteiger partial charge in [-0.05, 0) is 45.2 Å². The van der Waals surface area contributed by atoms with Crippen LogP contribution in [-0.2, 0) is 16.3 Å². The number of thiophene rings is 1. The van der Waals surface area contributed by atoms with E-state index in [9.17, 15) is 8.42 Å². The van der Waals surface area contributed by atoms with E-state index < -0.39 is 9.84 Å². The first kappa shape index (κ1) is 15.0. The fourth-order valence-electron chi connectivity index (χ4n) is 2.95. The summed E-state index contributed by atoms with van der Waals surface area (Å²) in [6.07, 6.45) is 5.14. The van der Waals surface area contributed by atoms with Crippen molar-refractivity contribution in [2.45, 2.75) is 56.9 Å². The van der Waals surface area contributed by atoms with Crippen LogP contribution in [0.3, 0.4) is 0 Å². The van der Waals surface area contributed by atoms with Gasteiger partial charge >= 0.3 is 0 Å². The van der Waals surface area contributed by atoms with Crippen LogP contribution in [-0.4, -0.2) is 32.0 Å². The minimum Gasteiger partial charge on any atom is -0.310 e. The summed E-state index contributed by atoms with van der Waals surface area (Å²) in [4.78, 5) is 2.70. The minimum atomic E-state index is -2.93. The summed E-state index contributed by atoms with van der Waals surface area (Å²) in [5.41, 5.74) is 0. The number of nitrogens with one attached hydrogen (secondary N) is 1. The fourth-order valence-corrected chi connectivity index (χ4v) is 5.38. The van der Waals surface area contributed by atoms with E-state index >= 15 is 0 Å². The van der Waals surface area contributed by atoms with Crippen LogP contribution in [0.15, 0.2) is 12.1 Å². The summed E-state index contributed by atoms with van der Waals surface area (Å²) in [7, 11) is -2.93. The molecule has 0 aromatic carbocycles. The van der Waals surface area contributed by atoms with Crippen molar-refractivity contribution in [3.8, 4) is 0 Å². The molecule has 1 fully saturated rings. The SMILES string of the molecule is Cc1ccc(CC(C)NC2CCCC2S(C)(=O)=O)s1. The predicted molar refractivity (Wildman–Crippen MR) is 81.6 cm³/mol. The van der Waals surface area contributed by atoms with Crippen LogP contribution in [0.5, 0.6) is 0 Å². The van der Waals surface area contributed by atoms with E-state index in [-0.39, 0.29) is 11.3 Å². The highest BCUT2D eigenvalue weighted by atomic mass is 32.2. The standard InChI is InChI=1S/C14H23NO2S2/c1-10(9-12-8-7-11(2)18-12)15-13-5-4-6-14(13)19(3,16)17/h7-8,10,13-15H,4-6,9H2,1-3H3. The van der Waals surface area contributed by atoms with Gasteiger partial charge in [-0.25, -0.2) is 8.42 Å². The largest absolute Gasteiger partial charge is 0.310 e. The lowest BCUT2D eigenvalue weighted by molar-refractivity contribution is 0.445. The van der Waals surface area contributed by atoms with Gasteiger partial charge in [0, 0.05) is 28.1 Å². The third-order valence-electron chi connectivity index (χ3n) is 3.80. The molecular weight excluding hydrogens is 278 g/mol. The van der Waals surface area contributed by atoms with Gasteiger partial charge in [0.25, 0.3) is 0 Å². The average Bonchev–Trinajstić information content (AvgIpc) is 2.86. The minimum absolute atomic E-state index is 0.131. The molecule has 3 atom stereocenters. The highest BCUT2D eigenvalue weighted by Crippen LogP contribution is 2.26. The zero-order valence-corrected chi connectivity index (χ0v) is 13.5. The van der Waals surface area contributed by atoms with Gasteiger partial charge in [-0.15, -0.1) is 11.3 Å². The van der Waals surface area contributed by atoms with Crippen molar-refractivity contribution >= 4 is 21.2 Å². The molecule has 0 aliphatic heterocycles. The van der Waals surface area contributed by atoms with Gasteiger partial charge in [0.05, 0.1) is 5.25 Å². The maximum atomic E-state index is 11.7. The first-order valence-corrected chi connectivity index (χ1v) is 9.63. The Bertz CT molecular complexity index is 521. The molecule has 1 heterocycles. The van der Waals surface area contributed by atoms with Gasteiger partial charge in [-0.1, -0.05) is 6.42 Å². The van der Waals surface area contributed by atoms with Gasteiger partial charge in [-0.2, -0.15) is 0 Å². The van der Waals surface area contributed by atoms with Gasteiger partial charge in [0.2, 0.25) is 0 Å². The van der Waals surface area contributed by atoms with Crippen LogP contribution in [0, 0.1) is 6.92 Å². The first-order chi connectivity index (χ1) is 8.86. The van der Waals surface area contributed by atoms with Crippen molar-refractivity contribution in [3.05, 3.63) is 21.9 Å². The third kappa shape index (κ3) is 4.04. The van der Waals surface area contributed by atoms with E-state index in [1.807, 2.05) is 11.3 Å². The molecule has 1 aliphatic carbocycles. The molecule has 19 heavy (non-hydrogen) atoms.